The van der Waals surface area contributed by atoms with Crippen LogP contribution in [-0.2, 0) is 18.2 Å². The van der Waals surface area contributed by atoms with Crippen LogP contribution < -0.4 is 0 Å². The standard InChI is InChI=1S/C23H21ClN2O2/c1-4-20-19(14-25)21(22(26(20)3)23(27)28-5-2)16-11-9-15(10-12-16)17-7-6-8-18(24)13-17/h6-13H,4-5H2,1-3H3. The van der Waals surface area contributed by atoms with Gasteiger partial charge in [0.2, 0.25) is 0 Å². The minimum Gasteiger partial charge on any atom is -0.461 e. The number of rotatable bonds is 5. The first-order valence-electron chi connectivity index (χ1n) is 9.16. The summed E-state index contributed by atoms with van der Waals surface area (Å²) >= 11 is 6.09. The topological polar surface area (TPSA) is 55.0 Å². The molecule has 0 radical (unpaired) electrons. The summed E-state index contributed by atoms with van der Waals surface area (Å²) in [5.41, 5.74) is 5.19. The maximum atomic E-state index is 12.6. The van der Waals surface area contributed by atoms with Gasteiger partial charge in [-0.3, -0.25) is 0 Å². The van der Waals surface area contributed by atoms with Gasteiger partial charge in [-0.2, -0.15) is 5.26 Å². The Kier molecular flexibility index (Phi) is 5.87. The van der Waals surface area contributed by atoms with Gasteiger partial charge in [0, 0.05) is 23.3 Å². The zero-order valence-electron chi connectivity index (χ0n) is 16.1. The molecule has 3 aromatic rings. The van der Waals surface area contributed by atoms with Crippen molar-refractivity contribution in [1.29, 1.82) is 5.26 Å². The summed E-state index contributed by atoms with van der Waals surface area (Å²) in [6.45, 7) is 4.02. The fourth-order valence-electron chi connectivity index (χ4n) is 3.48. The molecule has 0 N–H and O–H groups in total. The summed E-state index contributed by atoms with van der Waals surface area (Å²) in [6, 6.07) is 17.7. The number of hydrogen-bond donors (Lipinski definition) is 0. The lowest BCUT2D eigenvalue weighted by molar-refractivity contribution is 0.0516. The van der Waals surface area contributed by atoms with Gasteiger partial charge in [-0.15, -0.1) is 0 Å². The number of carbonyl (C=O) groups excluding carboxylic acids is 1. The SMILES string of the molecule is CCOC(=O)c1c(-c2ccc(-c3cccc(Cl)c3)cc2)c(C#N)c(CC)n1C. The molecule has 1 heterocycles. The molecule has 0 aliphatic carbocycles. The van der Waals surface area contributed by atoms with Gasteiger partial charge in [0.05, 0.1) is 12.2 Å². The lowest BCUT2D eigenvalue weighted by atomic mass is 9.97. The highest BCUT2D eigenvalue weighted by molar-refractivity contribution is 6.30. The zero-order valence-corrected chi connectivity index (χ0v) is 16.9. The largest absolute Gasteiger partial charge is 0.461 e. The van der Waals surface area contributed by atoms with E-state index in [9.17, 15) is 10.1 Å². The number of hydrogen-bond acceptors (Lipinski definition) is 3. The van der Waals surface area contributed by atoms with Gasteiger partial charge in [-0.25, -0.2) is 4.79 Å². The van der Waals surface area contributed by atoms with E-state index in [0.717, 1.165) is 22.4 Å². The van der Waals surface area contributed by atoms with E-state index in [1.54, 1.807) is 18.5 Å². The van der Waals surface area contributed by atoms with Crippen LogP contribution in [0.25, 0.3) is 22.3 Å². The molecule has 0 saturated carbocycles. The first-order chi connectivity index (χ1) is 13.5. The van der Waals surface area contributed by atoms with E-state index in [2.05, 4.69) is 6.07 Å². The van der Waals surface area contributed by atoms with Crippen LogP contribution >= 0.6 is 11.6 Å². The Morgan fingerprint density at radius 2 is 1.79 bits per heavy atom. The summed E-state index contributed by atoms with van der Waals surface area (Å²) in [7, 11) is 1.80. The van der Waals surface area contributed by atoms with Crippen molar-refractivity contribution in [2.45, 2.75) is 20.3 Å². The smallest absolute Gasteiger partial charge is 0.355 e. The molecule has 5 heteroatoms. The number of nitrogens with zero attached hydrogens (tertiary/aromatic N) is 2. The van der Waals surface area contributed by atoms with Gasteiger partial charge in [-0.1, -0.05) is 54.9 Å². The van der Waals surface area contributed by atoms with Crippen molar-refractivity contribution in [3.8, 4) is 28.3 Å². The van der Waals surface area contributed by atoms with Crippen LogP contribution in [0.1, 0.15) is 35.6 Å². The van der Waals surface area contributed by atoms with Gasteiger partial charge < -0.3 is 9.30 Å². The van der Waals surface area contributed by atoms with Crippen LogP contribution in [0, 0.1) is 11.3 Å². The highest BCUT2D eigenvalue weighted by Gasteiger charge is 2.26. The fraction of sp³-hybridized carbons (Fsp3) is 0.217. The highest BCUT2D eigenvalue weighted by atomic mass is 35.5. The summed E-state index contributed by atoms with van der Waals surface area (Å²) in [6.07, 6.45) is 0.645. The average Bonchev–Trinajstić information content (AvgIpc) is 2.99. The molecule has 4 nitrogen and oxygen atoms in total. The molecular weight excluding hydrogens is 372 g/mol. The Morgan fingerprint density at radius 1 is 1.11 bits per heavy atom. The molecule has 2 aromatic carbocycles. The third kappa shape index (κ3) is 3.54. The van der Waals surface area contributed by atoms with Gasteiger partial charge >= 0.3 is 5.97 Å². The first-order valence-corrected chi connectivity index (χ1v) is 9.54. The summed E-state index contributed by atoms with van der Waals surface area (Å²) in [5, 5.41) is 10.4. The molecule has 3 rings (SSSR count). The number of carbonyl (C=O) groups is 1. The molecule has 0 saturated heterocycles. The van der Waals surface area contributed by atoms with E-state index in [4.69, 9.17) is 16.3 Å². The quantitative estimate of drug-likeness (QED) is 0.529. The molecule has 1 aromatic heterocycles. The molecule has 0 bridgehead atoms. The number of esters is 1. The van der Waals surface area contributed by atoms with Crippen molar-refractivity contribution in [2.24, 2.45) is 7.05 Å². The first kappa shape index (κ1) is 19.7. The lowest BCUT2D eigenvalue weighted by Gasteiger charge is -2.09. The number of aromatic nitrogens is 1. The van der Waals surface area contributed by atoms with Gasteiger partial charge in [0.1, 0.15) is 11.8 Å². The normalized spacial score (nSPS) is 10.5. The monoisotopic (exact) mass is 392 g/mol. The fourth-order valence-corrected chi connectivity index (χ4v) is 3.67. The van der Waals surface area contributed by atoms with Gasteiger partial charge in [0.25, 0.3) is 0 Å². The van der Waals surface area contributed by atoms with Crippen LogP contribution in [0.15, 0.2) is 48.5 Å². The molecule has 28 heavy (non-hydrogen) atoms. The second kappa shape index (κ2) is 8.33. The Labute approximate surface area is 169 Å². The van der Waals surface area contributed by atoms with Crippen molar-refractivity contribution in [1.82, 2.24) is 4.57 Å². The van der Waals surface area contributed by atoms with Crippen molar-refractivity contribution in [3.05, 3.63) is 70.5 Å². The van der Waals surface area contributed by atoms with E-state index < -0.39 is 5.97 Å². The van der Waals surface area contributed by atoms with Crippen molar-refractivity contribution < 1.29 is 9.53 Å². The van der Waals surface area contributed by atoms with E-state index in [1.807, 2.05) is 55.5 Å². The molecule has 0 spiro atoms. The van der Waals surface area contributed by atoms with Crippen LogP contribution in [-0.4, -0.2) is 17.1 Å². The Morgan fingerprint density at radius 3 is 2.36 bits per heavy atom. The van der Waals surface area contributed by atoms with Crippen molar-refractivity contribution in [3.63, 3.8) is 0 Å². The third-order valence-electron chi connectivity index (χ3n) is 4.76. The average molecular weight is 393 g/mol. The molecular formula is C23H21ClN2O2. The van der Waals surface area contributed by atoms with Crippen LogP contribution in [0.2, 0.25) is 5.02 Å². The minimum atomic E-state index is -0.421. The summed E-state index contributed by atoms with van der Waals surface area (Å²) < 4.78 is 7.03. The second-order valence-corrected chi connectivity index (χ2v) is 6.81. The lowest BCUT2D eigenvalue weighted by Crippen LogP contribution is -2.12. The zero-order chi connectivity index (χ0) is 20.3. The van der Waals surface area contributed by atoms with Crippen LogP contribution in [0.5, 0.6) is 0 Å². The van der Waals surface area contributed by atoms with Crippen LogP contribution in [0.3, 0.4) is 0 Å². The molecule has 142 valence electrons. The second-order valence-electron chi connectivity index (χ2n) is 6.38. The van der Waals surface area contributed by atoms with Crippen molar-refractivity contribution >= 4 is 17.6 Å². The van der Waals surface area contributed by atoms with E-state index >= 15 is 0 Å². The number of halogens is 1. The van der Waals surface area contributed by atoms with E-state index in [1.165, 1.54) is 0 Å². The van der Waals surface area contributed by atoms with E-state index in [0.29, 0.717) is 28.3 Å². The van der Waals surface area contributed by atoms with Crippen LogP contribution in [0.4, 0.5) is 0 Å². The predicted octanol–water partition coefficient (Wildman–Crippen LogP) is 5.62. The molecule has 0 aliphatic heterocycles. The predicted molar refractivity (Wildman–Crippen MR) is 111 cm³/mol. The van der Waals surface area contributed by atoms with E-state index in [-0.39, 0.29) is 6.61 Å². The summed E-state index contributed by atoms with van der Waals surface area (Å²) in [4.78, 5) is 12.6. The Hall–Kier alpha value is -3.03. The molecule has 0 amide bonds. The molecule has 0 fully saturated rings. The minimum absolute atomic E-state index is 0.278. The van der Waals surface area contributed by atoms with Crippen molar-refractivity contribution in [2.75, 3.05) is 6.61 Å². The molecule has 0 atom stereocenters. The number of benzene rings is 2. The molecule has 0 unspecified atom stereocenters. The van der Waals surface area contributed by atoms with Gasteiger partial charge in [0.15, 0.2) is 0 Å². The highest BCUT2D eigenvalue weighted by Crippen LogP contribution is 2.34. The Bertz CT molecular complexity index is 1060. The maximum Gasteiger partial charge on any atom is 0.355 e. The Balaban J connectivity index is 2.15. The third-order valence-corrected chi connectivity index (χ3v) is 5.00. The van der Waals surface area contributed by atoms with Gasteiger partial charge in [-0.05, 0) is 42.2 Å². The summed E-state index contributed by atoms with van der Waals surface area (Å²) in [5.74, 6) is -0.421. The number of ether oxygens (including phenoxy) is 1. The molecule has 0 aliphatic rings. The maximum absolute atomic E-state index is 12.6. The number of nitriles is 1.